The van der Waals surface area contributed by atoms with Crippen molar-refractivity contribution in [1.29, 1.82) is 0 Å². The van der Waals surface area contributed by atoms with Crippen molar-refractivity contribution in [2.45, 2.75) is 19.9 Å². The molecule has 1 aromatic rings. The van der Waals surface area contributed by atoms with E-state index in [4.69, 9.17) is 5.11 Å². The van der Waals surface area contributed by atoms with E-state index in [0.29, 0.717) is 6.54 Å². The summed E-state index contributed by atoms with van der Waals surface area (Å²) >= 11 is 0. The SMILES string of the molecule is Cc1ccc(F)cc1CN1CC(CC(=O)O)C1. The van der Waals surface area contributed by atoms with Gasteiger partial charge in [0.05, 0.1) is 6.42 Å². The zero-order chi connectivity index (χ0) is 12.4. The van der Waals surface area contributed by atoms with Crippen LogP contribution < -0.4 is 0 Å². The van der Waals surface area contributed by atoms with Gasteiger partial charge in [0, 0.05) is 19.6 Å². The summed E-state index contributed by atoms with van der Waals surface area (Å²) in [6, 6.07) is 4.79. The van der Waals surface area contributed by atoms with Gasteiger partial charge in [-0.15, -0.1) is 0 Å². The topological polar surface area (TPSA) is 40.5 Å². The van der Waals surface area contributed by atoms with Crippen LogP contribution in [0.3, 0.4) is 0 Å². The fourth-order valence-corrected chi connectivity index (χ4v) is 2.23. The molecule has 1 heterocycles. The number of halogens is 1. The van der Waals surface area contributed by atoms with Gasteiger partial charge in [-0.05, 0) is 36.1 Å². The van der Waals surface area contributed by atoms with Crippen LogP contribution in [0.2, 0.25) is 0 Å². The summed E-state index contributed by atoms with van der Waals surface area (Å²) in [6.45, 7) is 4.26. The summed E-state index contributed by atoms with van der Waals surface area (Å²) in [5, 5.41) is 8.64. The second-order valence-corrected chi connectivity index (χ2v) is 4.73. The Morgan fingerprint density at radius 2 is 2.24 bits per heavy atom. The van der Waals surface area contributed by atoms with Crippen LogP contribution in [-0.2, 0) is 11.3 Å². The maximum atomic E-state index is 13.1. The Hall–Kier alpha value is -1.42. The largest absolute Gasteiger partial charge is 0.481 e. The van der Waals surface area contributed by atoms with E-state index in [0.717, 1.165) is 24.2 Å². The fraction of sp³-hybridized carbons (Fsp3) is 0.462. The average molecular weight is 237 g/mol. The molecule has 1 fully saturated rings. The van der Waals surface area contributed by atoms with Gasteiger partial charge in [0.25, 0.3) is 0 Å². The smallest absolute Gasteiger partial charge is 0.303 e. The van der Waals surface area contributed by atoms with Crippen molar-refractivity contribution < 1.29 is 14.3 Å². The molecule has 0 aromatic heterocycles. The van der Waals surface area contributed by atoms with Crippen molar-refractivity contribution >= 4 is 5.97 Å². The van der Waals surface area contributed by atoms with E-state index in [1.54, 1.807) is 12.1 Å². The number of carboxylic acids is 1. The standard InChI is InChI=1S/C13H16FNO2/c1-9-2-3-12(14)5-11(9)8-15-6-10(7-15)4-13(16)17/h2-3,5,10H,4,6-8H2,1H3,(H,16,17). The Morgan fingerprint density at radius 1 is 1.53 bits per heavy atom. The summed E-state index contributed by atoms with van der Waals surface area (Å²) in [6.07, 6.45) is 0.235. The lowest BCUT2D eigenvalue weighted by atomic mass is 9.95. The summed E-state index contributed by atoms with van der Waals surface area (Å²) in [5.74, 6) is -0.703. The molecule has 2 rings (SSSR count). The van der Waals surface area contributed by atoms with E-state index in [1.165, 1.54) is 6.07 Å². The number of nitrogens with zero attached hydrogens (tertiary/aromatic N) is 1. The highest BCUT2D eigenvalue weighted by atomic mass is 19.1. The predicted octanol–water partition coefficient (Wildman–Crippen LogP) is 2.04. The van der Waals surface area contributed by atoms with Crippen LogP contribution in [0.5, 0.6) is 0 Å². The zero-order valence-electron chi connectivity index (χ0n) is 9.82. The van der Waals surface area contributed by atoms with E-state index >= 15 is 0 Å². The number of likely N-dealkylation sites (tertiary alicyclic amines) is 1. The number of rotatable bonds is 4. The van der Waals surface area contributed by atoms with Crippen molar-refractivity contribution in [3.05, 3.63) is 35.1 Å². The van der Waals surface area contributed by atoms with E-state index in [9.17, 15) is 9.18 Å². The lowest BCUT2D eigenvalue weighted by Crippen LogP contribution is -2.46. The van der Waals surface area contributed by atoms with Gasteiger partial charge in [0.2, 0.25) is 0 Å². The average Bonchev–Trinajstić information content (AvgIpc) is 2.19. The second kappa shape index (κ2) is 4.84. The highest BCUT2D eigenvalue weighted by molar-refractivity contribution is 5.67. The molecule has 1 aliphatic heterocycles. The third-order valence-corrected chi connectivity index (χ3v) is 3.20. The lowest BCUT2D eigenvalue weighted by Gasteiger charge is -2.38. The highest BCUT2D eigenvalue weighted by Gasteiger charge is 2.28. The maximum Gasteiger partial charge on any atom is 0.303 e. The third kappa shape index (κ3) is 3.03. The molecular weight excluding hydrogens is 221 g/mol. The molecule has 0 spiro atoms. The van der Waals surface area contributed by atoms with Crippen LogP contribution in [0.1, 0.15) is 17.5 Å². The molecule has 0 bridgehead atoms. The van der Waals surface area contributed by atoms with E-state index < -0.39 is 5.97 Å². The van der Waals surface area contributed by atoms with Crippen LogP contribution in [0.15, 0.2) is 18.2 Å². The van der Waals surface area contributed by atoms with Crippen molar-refractivity contribution in [2.75, 3.05) is 13.1 Å². The van der Waals surface area contributed by atoms with Crippen LogP contribution in [0.25, 0.3) is 0 Å². The molecule has 1 N–H and O–H groups in total. The fourth-order valence-electron chi connectivity index (χ4n) is 2.23. The quantitative estimate of drug-likeness (QED) is 0.871. The number of benzene rings is 1. The molecule has 0 amide bonds. The predicted molar refractivity (Wildman–Crippen MR) is 62.2 cm³/mol. The Bertz CT molecular complexity index is 427. The number of carbonyl (C=O) groups is 1. The Labute approximate surface area is 99.9 Å². The molecule has 1 aromatic carbocycles. The first kappa shape index (κ1) is 12.0. The Morgan fingerprint density at radius 3 is 2.88 bits per heavy atom. The van der Waals surface area contributed by atoms with Gasteiger partial charge in [0.1, 0.15) is 5.82 Å². The second-order valence-electron chi connectivity index (χ2n) is 4.73. The van der Waals surface area contributed by atoms with Crippen LogP contribution >= 0.6 is 0 Å². The van der Waals surface area contributed by atoms with Crippen molar-refractivity contribution in [3.63, 3.8) is 0 Å². The molecule has 1 saturated heterocycles. The minimum atomic E-state index is -0.739. The van der Waals surface area contributed by atoms with Crippen molar-refractivity contribution in [2.24, 2.45) is 5.92 Å². The summed E-state index contributed by atoms with van der Waals surface area (Å²) in [4.78, 5) is 12.6. The third-order valence-electron chi connectivity index (χ3n) is 3.20. The molecule has 0 saturated carbocycles. The molecule has 4 heteroatoms. The minimum Gasteiger partial charge on any atom is -0.481 e. The minimum absolute atomic E-state index is 0.215. The number of aliphatic carboxylic acids is 1. The van der Waals surface area contributed by atoms with E-state index in [2.05, 4.69) is 4.90 Å². The normalized spacial score (nSPS) is 16.8. The Balaban J connectivity index is 1.87. The molecule has 92 valence electrons. The molecule has 0 radical (unpaired) electrons. The van der Waals surface area contributed by atoms with Crippen molar-refractivity contribution in [1.82, 2.24) is 4.90 Å². The van der Waals surface area contributed by atoms with E-state index in [-0.39, 0.29) is 18.2 Å². The molecule has 0 unspecified atom stereocenters. The van der Waals surface area contributed by atoms with Gasteiger partial charge in [0.15, 0.2) is 0 Å². The first-order valence-corrected chi connectivity index (χ1v) is 5.74. The van der Waals surface area contributed by atoms with E-state index in [1.807, 2.05) is 6.92 Å². The molecular formula is C13H16FNO2. The monoisotopic (exact) mass is 237 g/mol. The first-order valence-electron chi connectivity index (χ1n) is 5.74. The van der Waals surface area contributed by atoms with Crippen molar-refractivity contribution in [3.8, 4) is 0 Å². The molecule has 17 heavy (non-hydrogen) atoms. The number of carboxylic acid groups (broad SMARTS) is 1. The highest BCUT2D eigenvalue weighted by Crippen LogP contribution is 2.22. The Kier molecular flexibility index (Phi) is 3.43. The number of hydrogen-bond acceptors (Lipinski definition) is 2. The zero-order valence-corrected chi connectivity index (χ0v) is 9.82. The van der Waals surface area contributed by atoms with Crippen LogP contribution in [-0.4, -0.2) is 29.1 Å². The lowest BCUT2D eigenvalue weighted by molar-refractivity contribution is -0.139. The molecule has 1 aliphatic rings. The first-order chi connectivity index (χ1) is 8.04. The molecule has 0 aliphatic carbocycles. The number of hydrogen-bond donors (Lipinski definition) is 1. The van der Waals surface area contributed by atoms with Gasteiger partial charge in [-0.25, -0.2) is 4.39 Å². The summed E-state index contributed by atoms with van der Waals surface area (Å²) in [5.41, 5.74) is 2.06. The maximum absolute atomic E-state index is 13.1. The van der Waals surface area contributed by atoms with Crippen LogP contribution in [0.4, 0.5) is 4.39 Å². The van der Waals surface area contributed by atoms with Gasteiger partial charge in [-0.2, -0.15) is 0 Å². The van der Waals surface area contributed by atoms with Gasteiger partial charge < -0.3 is 5.11 Å². The number of aryl methyl sites for hydroxylation is 1. The van der Waals surface area contributed by atoms with Gasteiger partial charge in [-0.1, -0.05) is 6.07 Å². The van der Waals surface area contributed by atoms with Gasteiger partial charge in [-0.3, -0.25) is 9.69 Å². The van der Waals surface area contributed by atoms with Crippen LogP contribution in [0, 0.1) is 18.7 Å². The molecule has 3 nitrogen and oxygen atoms in total. The summed E-state index contributed by atoms with van der Waals surface area (Å²) < 4.78 is 13.1. The summed E-state index contributed by atoms with van der Waals surface area (Å²) in [7, 11) is 0. The van der Waals surface area contributed by atoms with Gasteiger partial charge >= 0.3 is 5.97 Å². The molecule has 0 atom stereocenters.